The molecule has 1 saturated heterocycles. The molecule has 4 rings (SSSR count). The van der Waals surface area contributed by atoms with Gasteiger partial charge in [0.1, 0.15) is 0 Å². The van der Waals surface area contributed by atoms with Crippen LogP contribution >= 0.6 is 27.3 Å². The van der Waals surface area contributed by atoms with Gasteiger partial charge in [0, 0.05) is 0 Å². The molecule has 0 unspecified atom stereocenters. The molecule has 1 aliphatic heterocycles. The Morgan fingerprint density at radius 3 is 2.66 bits per heavy atom. The Morgan fingerprint density at radius 1 is 1.21 bits per heavy atom. The van der Waals surface area contributed by atoms with E-state index in [-0.39, 0.29) is 31.5 Å². The molecule has 29 heavy (non-hydrogen) atoms. The van der Waals surface area contributed by atoms with Gasteiger partial charge >= 0.3 is 12.0 Å². The predicted molar refractivity (Wildman–Crippen MR) is 105 cm³/mol. The third kappa shape index (κ3) is 4.35. The average molecular weight is 477 g/mol. The molecule has 3 amide bonds. The van der Waals surface area contributed by atoms with Crippen molar-refractivity contribution in [3.8, 4) is 10.8 Å². The monoisotopic (exact) mass is 476 g/mol. The summed E-state index contributed by atoms with van der Waals surface area (Å²) in [4.78, 5) is 37.3. The highest BCUT2D eigenvalue weighted by Crippen LogP contribution is 2.30. The zero-order valence-electron chi connectivity index (χ0n) is 14.8. The number of ether oxygens (including phenoxy) is 1. The van der Waals surface area contributed by atoms with Gasteiger partial charge in [0.2, 0.25) is 5.91 Å². The number of hydrogen-bond donors (Lipinski definition) is 1. The van der Waals surface area contributed by atoms with Crippen LogP contribution in [0.3, 0.4) is 0 Å². The lowest BCUT2D eigenvalue weighted by atomic mass is 10.1. The van der Waals surface area contributed by atoms with Gasteiger partial charge in [0.15, 0.2) is 6.61 Å². The Balaban J connectivity index is 1.33. The number of aromatic nitrogens is 2. The van der Waals surface area contributed by atoms with Gasteiger partial charge in [-0.3, -0.25) is 9.69 Å². The van der Waals surface area contributed by atoms with Crippen LogP contribution in [0, 0.1) is 0 Å². The number of nitrogens with one attached hydrogen (secondary N) is 1. The number of thiophene rings is 1. The quantitative estimate of drug-likeness (QED) is 0.429. The molecule has 0 aliphatic carbocycles. The molecule has 0 atom stereocenters. The first-order chi connectivity index (χ1) is 14.0. The molecule has 0 spiro atoms. The van der Waals surface area contributed by atoms with Crippen molar-refractivity contribution < 1.29 is 23.5 Å². The van der Waals surface area contributed by atoms with Crippen LogP contribution in [-0.2, 0) is 22.7 Å². The number of nitrogens with zero attached hydrogens (tertiary/aromatic N) is 3. The molecule has 3 aromatic rings. The summed E-state index contributed by atoms with van der Waals surface area (Å²) in [6.45, 7) is -0.00342. The van der Waals surface area contributed by atoms with E-state index in [0.717, 1.165) is 19.1 Å². The average Bonchev–Trinajstić information content (AvgIpc) is 3.43. The van der Waals surface area contributed by atoms with Crippen molar-refractivity contribution in [2.75, 3.05) is 6.54 Å². The Labute approximate surface area is 176 Å². The summed E-state index contributed by atoms with van der Waals surface area (Å²) in [5.74, 6) is -0.290. The van der Waals surface area contributed by atoms with Crippen LogP contribution in [0.1, 0.15) is 21.8 Å². The number of urea groups is 1. The molecular formula is C18H13BrN4O5S. The Kier molecular flexibility index (Phi) is 5.41. The van der Waals surface area contributed by atoms with Crippen molar-refractivity contribution in [3.63, 3.8) is 0 Å². The zero-order valence-corrected chi connectivity index (χ0v) is 17.2. The normalized spacial score (nSPS) is 13.6. The SMILES string of the molecule is O=C(OCc1nnc(-c2ccc(Br)s2)o1)c1ccc(CN2C(=O)CNC2=O)cc1. The van der Waals surface area contributed by atoms with Crippen LogP contribution in [0.5, 0.6) is 0 Å². The first kappa shape index (κ1) is 19.3. The second-order valence-electron chi connectivity index (χ2n) is 6.02. The van der Waals surface area contributed by atoms with E-state index in [4.69, 9.17) is 9.15 Å². The van der Waals surface area contributed by atoms with Crippen LogP contribution in [0.4, 0.5) is 4.79 Å². The van der Waals surface area contributed by atoms with Crippen molar-refractivity contribution in [2.45, 2.75) is 13.2 Å². The van der Waals surface area contributed by atoms with Gasteiger partial charge in [0.25, 0.3) is 11.8 Å². The van der Waals surface area contributed by atoms with E-state index in [1.54, 1.807) is 24.3 Å². The molecule has 1 aliphatic rings. The van der Waals surface area contributed by atoms with Crippen LogP contribution < -0.4 is 5.32 Å². The number of imide groups is 1. The van der Waals surface area contributed by atoms with Crippen LogP contribution in [0.2, 0.25) is 0 Å². The maximum atomic E-state index is 12.2. The molecule has 0 saturated carbocycles. The van der Waals surface area contributed by atoms with Crippen molar-refractivity contribution in [3.05, 3.63) is 57.2 Å². The van der Waals surface area contributed by atoms with Gasteiger partial charge in [-0.05, 0) is 45.8 Å². The molecule has 3 heterocycles. The number of rotatable bonds is 6. The van der Waals surface area contributed by atoms with Gasteiger partial charge in [-0.15, -0.1) is 21.5 Å². The van der Waals surface area contributed by atoms with Crippen LogP contribution in [-0.4, -0.2) is 39.5 Å². The maximum absolute atomic E-state index is 12.2. The standard InChI is InChI=1S/C18H13BrN4O5S/c19-13-6-5-12(29-13)16-22-21-14(28-16)9-27-17(25)11-3-1-10(2-4-11)8-23-15(24)7-20-18(23)26/h1-6H,7-9H2,(H,20,26). The Morgan fingerprint density at radius 2 is 2.00 bits per heavy atom. The van der Waals surface area contributed by atoms with Crippen molar-refractivity contribution in [1.82, 2.24) is 20.4 Å². The minimum Gasteiger partial charge on any atom is -0.452 e. The number of esters is 1. The summed E-state index contributed by atoms with van der Waals surface area (Å²) in [5, 5.41) is 10.3. The van der Waals surface area contributed by atoms with E-state index in [1.807, 2.05) is 12.1 Å². The molecule has 1 fully saturated rings. The maximum Gasteiger partial charge on any atom is 0.338 e. The number of hydrogen-bond acceptors (Lipinski definition) is 8. The van der Waals surface area contributed by atoms with E-state index >= 15 is 0 Å². The number of carbonyl (C=O) groups excluding carboxylic acids is 3. The van der Waals surface area contributed by atoms with Gasteiger partial charge in [-0.2, -0.15) is 0 Å². The summed E-state index contributed by atoms with van der Waals surface area (Å²) in [6, 6.07) is 9.76. The summed E-state index contributed by atoms with van der Waals surface area (Å²) < 4.78 is 11.6. The van der Waals surface area contributed by atoms with Gasteiger partial charge in [-0.25, -0.2) is 9.59 Å². The molecule has 2 aromatic heterocycles. The van der Waals surface area contributed by atoms with Gasteiger partial charge < -0.3 is 14.5 Å². The van der Waals surface area contributed by atoms with Crippen molar-refractivity contribution >= 4 is 45.2 Å². The lowest BCUT2D eigenvalue weighted by Gasteiger charge is -2.12. The van der Waals surface area contributed by atoms with E-state index in [9.17, 15) is 14.4 Å². The number of halogens is 1. The molecule has 11 heteroatoms. The lowest BCUT2D eigenvalue weighted by Crippen LogP contribution is -2.30. The molecule has 148 valence electrons. The minimum absolute atomic E-state index is 0.00435. The highest BCUT2D eigenvalue weighted by Gasteiger charge is 2.28. The Hall–Kier alpha value is -3.05. The van der Waals surface area contributed by atoms with Crippen molar-refractivity contribution in [1.29, 1.82) is 0 Å². The third-order valence-corrected chi connectivity index (χ3v) is 5.66. The summed E-state index contributed by atoms with van der Waals surface area (Å²) in [7, 11) is 0. The minimum atomic E-state index is -0.551. The van der Waals surface area contributed by atoms with Crippen LogP contribution in [0.25, 0.3) is 10.8 Å². The first-order valence-electron chi connectivity index (χ1n) is 8.42. The third-order valence-electron chi connectivity index (χ3n) is 4.04. The van der Waals surface area contributed by atoms with E-state index in [1.165, 1.54) is 11.3 Å². The number of amides is 3. The van der Waals surface area contributed by atoms with E-state index in [2.05, 4.69) is 31.4 Å². The second-order valence-corrected chi connectivity index (χ2v) is 8.48. The zero-order chi connectivity index (χ0) is 20.4. The molecule has 9 nitrogen and oxygen atoms in total. The second kappa shape index (κ2) is 8.13. The fourth-order valence-electron chi connectivity index (χ4n) is 2.60. The van der Waals surface area contributed by atoms with Crippen molar-refractivity contribution in [2.24, 2.45) is 0 Å². The molecule has 1 N–H and O–H groups in total. The summed E-state index contributed by atoms with van der Waals surface area (Å²) in [5.41, 5.74) is 1.04. The fraction of sp³-hybridized carbons (Fsp3) is 0.167. The van der Waals surface area contributed by atoms with Crippen LogP contribution in [0.15, 0.2) is 44.6 Å². The molecule has 1 aromatic carbocycles. The number of carbonyl (C=O) groups is 3. The fourth-order valence-corrected chi connectivity index (χ4v) is 3.90. The topological polar surface area (TPSA) is 115 Å². The smallest absolute Gasteiger partial charge is 0.338 e. The summed E-state index contributed by atoms with van der Waals surface area (Å²) >= 11 is 4.82. The summed E-state index contributed by atoms with van der Waals surface area (Å²) in [6.07, 6.45) is 0. The van der Waals surface area contributed by atoms with Gasteiger partial charge in [0.05, 0.1) is 27.3 Å². The Bertz CT molecular complexity index is 1060. The van der Waals surface area contributed by atoms with Gasteiger partial charge in [-0.1, -0.05) is 12.1 Å². The highest BCUT2D eigenvalue weighted by atomic mass is 79.9. The molecular weight excluding hydrogens is 464 g/mol. The highest BCUT2D eigenvalue weighted by molar-refractivity contribution is 9.11. The molecule has 0 radical (unpaired) electrons. The molecule has 0 bridgehead atoms. The van der Waals surface area contributed by atoms with E-state index in [0.29, 0.717) is 11.5 Å². The lowest BCUT2D eigenvalue weighted by molar-refractivity contribution is -0.125. The predicted octanol–water partition coefficient (Wildman–Crippen LogP) is 2.97. The first-order valence-corrected chi connectivity index (χ1v) is 10.0. The largest absolute Gasteiger partial charge is 0.452 e. The number of benzene rings is 1. The van der Waals surface area contributed by atoms with E-state index < -0.39 is 12.0 Å².